The van der Waals surface area contributed by atoms with E-state index in [-0.39, 0.29) is 5.91 Å². The highest BCUT2D eigenvalue weighted by molar-refractivity contribution is 6.10. The highest BCUT2D eigenvalue weighted by Gasteiger charge is 2.29. The van der Waals surface area contributed by atoms with Crippen LogP contribution in [0.5, 0.6) is 5.75 Å². The quantitative estimate of drug-likeness (QED) is 0.268. The number of anilines is 1. The highest BCUT2D eigenvalue weighted by Crippen LogP contribution is 2.40. The number of nitrogens with one attached hydrogen (secondary N) is 1. The number of aryl methyl sites for hydroxylation is 5. The van der Waals surface area contributed by atoms with E-state index in [4.69, 9.17) is 4.74 Å². The predicted octanol–water partition coefficient (Wildman–Crippen LogP) is 7.60. The van der Waals surface area contributed by atoms with Crippen LogP contribution in [-0.2, 0) is 13.0 Å². The Morgan fingerprint density at radius 2 is 1.68 bits per heavy atom. The molecule has 0 fully saturated rings. The van der Waals surface area contributed by atoms with Gasteiger partial charge < -0.3 is 14.6 Å². The van der Waals surface area contributed by atoms with Crippen molar-refractivity contribution < 1.29 is 9.53 Å². The van der Waals surface area contributed by atoms with Gasteiger partial charge in [-0.05, 0) is 104 Å². The minimum atomic E-state index is -0.0934. The van der Waals surface area contributed by atoms with Crippen LogP contribution in [0.2, 0.25) is 0 Å². The van der Waals surface area contributed by atoms with Crippen LogP contribution in [-0.4, -0.2) is 22.0 Å². The number of aromatic nitrogens is 2. The molecule has 3 aromatic carbocycles. The average molecular weight is 504 g/mol. The van der Waals surface area contributed by atoms with Crippen LogP contribution in [0.25, 0.3) is 28.0 Å². The number of hydrogen-bond acceptors (Lipinski definition) is 2. The van der Waals surface area contributed by atoms with Gasteiger partial charge in [0.2, 0.25) is 0 Å². The molecule has 0 aliphatic carbocycles. The third-order valence-electron chi connectivity index (χ3n) is 7.81. The summed E-state index contributed by atoms with van der Waals surface area (Å²) in [6.07, 6.45) is 5.26. The van der Waals surface area contributed by atoms with Gasteiger partial charge in [-0.3, -0.25) is 9.20 Å². The number of benzene rings is 3. The average Bonchev–Trinajstić information content (AvgIpc) is 3.33. The Morgan fingerprint density at radius 3 is 2.42 bits per heavy atom. The molecule has 5 nitrogen and oxygen atoms in total. The van der Waals surface area contributed by atoms with E-state index in [1.54, 1.807) is 7.11 Å². The SMILES string of the molecule is COc1ccc(-c2cn3c(C(=O)Nc4cccc(C)c4)c(-c4ccc(C)c(C)c4)c4c3n2CCCC4)cc1. The summed E-state index contributed by atoms with van der Waals surface area (Å²) in [5.41, 5.74) is 11.8. The Bertz CT molecular complexity index is 1670. The summed E-state index contributed by atoms with van der Waals surface area (Å²) < 4.78 is 9.92. The Morgan fingerprint density at radius 1 is 0.895 bits per heavy atom. The first-order valence-electron chi connectivity index (χ1n) is 13.3. The molecular weight excluding hydrogens is 470 g/mol. The fourth-order valence-corrected chi connectivity index (χ4v) is 5.72. The van der Waals surface area contributed by atoms with Gasteiger partial charge in [0.25, 0.3) is 5.91 Å². The predicted molar refractivity (Wildman–Crippen MR) is 154 cm³/mol. The maximum absolute atomic E-state index is 14.1. The highest BCUT2D eigenvalue weighted by atomic mass is 16.5. The third kappa shape index (κ3) is 4.08. The number of amides is 1. The van der Waals surface area contributed by atoms with Crippen molar-refractivity contribution in [2.75, 3.05) is 12.4 Å². The first-order valence-corrected chi connectivity index (χ1v) is 13.3. The van der Waals surface area contributed by atoms with Crippen molar-refractivity contribution in [1.29, 1.82) is 0 Å². The maximum atomic E-state index is 14.1. The number of carbonyl (C=O) groups excluding carboxylic acids is 1. The largest absolute Gasteiger partial charge is 0.497 e. The van der Waals surface area contributed by atoms with Gasteiger partial charge in [0.15, 0.2) is 0 Å². The fourth-order valence-electron chi connectivity index (χ4n) is 5.72. The van der Waals surface area contributed by atoms with Gasteiger partial charge in [0, 0.05) is 29.6 Å². The molecule has 0 radical (unpaired) electrons. The molecule has 2 aromatic heterocycles. The number of ether oxygens (including phenoxy) is 1. The lowest BCUT2D eigenvalue weighted by molar-refractivity contribution is 0.102. The molecule has 5 heteroatoms. The van der Waals surface area contributed by atoms with Gasteiger partial charge in [-0.25, -0.2) is 0 Å². The number of imidazole rings is 1. The molecule has 1 N–H and O–H groups in total. The molecule has 0 atom stereocenters. The van der Waals surface area contributed by atoms with Crippen molar-refractivity contribution in [3.63, 3.8) is 0 Å². The molecule has 0 saturated carbocycles. The molecule has 38 heavy (non-hydrogen) atoms. The molecule has 1 aliphatic rings. The van der Waals surface area contributed by atoms with Gasteiger partial charge in [0.05, 0.1) is 12.8 Å². The number of hydrogen-bond donors (Lipinski definition) is 1. The number of methoxy groups -OCH3 is 1. The Labute approximate surface area is 223 Å². The molecule has 1 aliphatic heterocycles. The smallest absolute Gasteiger partial charge is 0.273 e. The van der Waals surface area contributed by atoms with Crippen molar-refractivity contribution in [1.82, 2.24) is 8.97 Å². The Balaban J connectivity index is 1.60. The van der Waals surface area contributed by atoms with Crippen LogP contribution in [0, 0.1) is 20.8 Å². The van der Waals surface area contributed by atoms with E-state index < -0.39 is 0 Å². The second kappa shape index (κ2) is 9.56. The Hall–Kier alpha value is -4.25. The summed E-state index contributed by atoms with van der Waals surface area (Å²) in [5.74, 6) is 0.739. The van der Waals surface area contributed by atoms with Crippen LogP contribution in [0.15, 0.2) is 72.9 Å². The normalized spacial score (nSPS) is 12.9. The van der Waals surface area contributed by atoms with Crippen LogP contribution < -0.4 is 10.1 Å². The minimum absolute atomic E-state index is 0.0934. The van der Waals surface area contributed by atoms with Crippen molar-refractivity contribution in [3.8, 4) is 28.1 Å². The molecule has 5 aromatic rings. The first kappa shape index (κ1) is 24.1. The summed E-state index contributed by atoms with van der Waals surface area (Å²) in [7, 11) is 1.68. The van der Waals surface area contributed by atoms with Gasteiger partial charge in [-0.2, -0.15) is 0 Å². The standard InChI is InChI=1S/C33H33N3O2/c1-21-8-7-9-26(18-21)34-32(37)31-30(25-12-11-22(2)23(3)19-25)28-10-5-6-17-35-29(20-36(31)33(28)35)24-13-15-27(38-4)16-14-24/h7-9,11-16,18-20H,5-6,10,17H2,1-4H3,(H,34,37). The van der Waals surface area contributed by atoms with Crippen LogP contribution >= 0.6 is 0 Å². The Kier molecular flexibility index (Phi) is 6.07. The summed E-state index contributed by atoms with van der Waals surface area (Å²) >= 11 is 0. The topological polar surface area (TPSA) is 47.7 Å². The van der Waals surface area contributed by atoms with E-state index in [1.165, 1.54) is 16.7 Å². The fraction of sp³-hybridized carbons (Fsp3) is 0.242. The molecule has 0 unspecified atom stereocenters. The molecule has 6 rings (SSSR count). The second-order valence-electron chi connectivity index (χ2n) is 10.4. The number of carbonyl (C=O) groups is 1. The van der Waals surface area contributed by atoms with Crippen LogP contribution in [0.3, 0.4) is 0 Å². The lowest BCUT2D eigenvalue weighted by Crippen LogP contribution is -2.15. The zero-order valence-corrected chi connectivity index (χ0v) is 22.5. The van der Waals surface area contributed by atoms with Gasteiger partial charge in [-0.15, -0.1) is 0 Å². The summed E-state index contributed by atoms with van der Waals surface area (Å²) in [6, 6.07) is 22.7. The van der Waals surface area contributed by atoms with E-state index >= 15 is 0 Å². The minimum Gasteiger partial charge on any atom is -0.497 e. The van der Waals surface area contributed by atoms with Crippen LogP contribution in [0.4, 0.5) is 5.69 Å². The second-order valence-corrected chi connectivity index (χ2v) is 10.4. The van der Waals surface area contributed by atoms with Crippen molar-refractivity contribution in [2.24, 2.45) is 0 Å². The van der Waals surface area contributed by atoms with Gasteiger partial charge in [-0.1, -0.05) is 30.3 Å². The van der Waals surface area contributed by atoms with E-state index in [0.717, 1.165) is 70.8 Å². The van der Waals surface area contributed by atoms with Crippen molar-refractivity contribution in [3.05, 3.63) is 101 Å². The van der Waals surface area contributed by atoms with Crippen LogP contribution in [0.1, 0.15) is 45.6 Å². The first-order chi connectivity index (χ1) is 18.4. The molecular formula is C33H33N3O2. The zero-order valence-electron chi connectivity index (χ0n) is 22.5. The molecule has 192 valence electrons. The van der Waals surface area contributed by atoms with E-state index in [0.29, 0.717) is 5.69 Å². The molecule has 0 bridgehead atoms. The maximum Gasteiger partial charge on any atom is 0.273 e. The van der Waals surface area contributed by atoms with Crippen molar-refractivity contribution >= 4 is 17.2 Å². The van der Waals surface area contributed by atoms with E-state index in [2.05, 4.69) is 64.7 Å². The molecule has 0 spiro atoms. The molecule has 0 saturated heterocycles. The zero-order chi connectivity index (χ0) is 26.4. The number of nitrogens with zero attached hydrogens (tertiary/aromatic N) is 2. The van der Waals surface area contributed by atoms with Gasteiger partial charge in [0.1, 0.15) is 17.1 Å². The lowest BCUT2D eigenvalue weighted by Gasteiger charge is -2.12. The van der Waals surface area contributed by atoms with E-state index in [9.17, 15) is 4.79 Å². The molecule has 1 amide bonds. The van der Waals surface area contributed by atoms with Crippen molar-refractivity contribution in [2.45, 2.75) is 46.6 Å². The number of rotatable bonds is 5. The van der Waals surface area contributed by atoms with Gasteiger partial charge >= 0.3 is 0 Å². The summed E-state index contributed by atoms with van der Waals surface area (Å²) in [4.78, 5) is 14.1. The third-order valence-corrected chi connectivity index (χ3v) is 7.81. The lowest BCUT2D eigenvalue weighted by atomic mass is 9.95. The molecule has 3 heterocycles. The summed E-state index contributed by atoms with van der Waals surface area (Å²) in [5, 5.41) is 3.20. The summed E-state index contributed by atoms with van der Waals surface area (Å²) in [6.45, 7) is 7.23. The monoisotopic (exact) mass is 503 g/mol. The van der Waals surface area contributed by atoms with E-state index in [1.807, 2.05) is 43.3 Å².